The topological polar surface area (TPSA) is 9.86 Å². The molecule has 144 valence electrons. The van der Waals surface area contributed by atoms with Gasteiger partial charge in [-0.1, -0.05) is 37.6 Å². The maximum atomic E-state index is 2.56. The summed E-state index contributed by atoms with van der Waals surface area (Å²) in [5, 5.41) is 5.06. The van der Waals surface area contributed by atoms with Crippen LogP contribution >= 0.6 is 11.3 Å². The highest BCUT2D eigenvalue weighted by Gasteiger charge is 2.28. The van der Waals surface area contributed by atoms with Gasteiger partial charge in [-0.2, -0.15) is 0 Å². The molecule has 3 heterocycles. The lowest BCUT2D eigenvalue weighted by atomic mass is 9.99. The van der Waals surface area contributed by atoms with Gasteiger partial charge < -0.3 is 9.13 Å². The van der Waals surface area contributed by atoms with E-state index >= 15 is 0 Å². The zero-order chi connectivity index (χ0) is 19.3. The number of nitrogens with zero attached hydrogens (tertiary/aromatic N) is 2. The Morgan fingerprint density at radius 2 is 1.75 bits per heavy atom. The van der Waals surface area contributed by atoms with E-state index in [4.69, 9.17) is 0 Å². The van der Waals surface area contributed by atoms with Gasteiger partial charge in [0.1, 0.15) is 4.83 Å². The molecular formula is C25H28N2S. The predicted molar refractivity (Wildman–Crippen MR) is 122 cm³/mol. The molecule has 4 aromatic rings. The number of rotatable bonds is 6. The summed E-state index contributed by atoms with van der Waals surface area (Å²) in [5.74, 6) is 0. The first kappa shape index (κ1) is 17.8. The molecule has 28 heavy (non-hydrogen) atoms. The van der Waals surface area contributed by atoms with Gasteiger partial charge in [-0.3, -0.25) is 0 Å². The highest BCUT2D eigenvalue weighted by atomic mass is 32.1. The third-order valence-corrected chi connectivity index (χ3v) is 6.93. The maximum Gasteiger partial charge on any atom is 0.103 e. The van der Waals surface area contributed by atoms with Gasteiger partial charge in [0.05, 0.1) is 0 Å². The second-order valence-corrected chi connectivity index (χ2v) is 8.86. The molecule has 3 aromatic heterocycles. The predicted octanol–water partition coefficient (Wildman–Crippen LogP) is 7.38. The van der Waals surface area contributed by atoms with E-state index in [-0.39, 0.29) is 0 Å². The molecule has 0 amide bonds. The molecule has 1 aliphatic carbocycles. The smallest absolute Gasteiger partial charge is 0.103 e. The summed E-state index contributed by atoms with van der Waals surface area (Å²) in [4.78, 5) is 1.44. The number of aromatic nitrogens is 2. The minimum absolute atomic E-state index is 1.07. The number of allylic oxidation sites excluding steroid dienone is 1. The number of hydrogen-bond acceptors (Lipinski definition) is 1. The lowest BCUT2D eigenvalue weighted by Gasteiger charge is -2.15. The van der Waals surface area contributed by atoms with Gasteiger partial charge in [-0.15, -0.1) is 11.3 Å². The molecule has 0 atom stereocenters. The highest BCUT2D eigenvalue weighted by Crippen LogP contribution is 2.46. The van der Waals surface area contributed by atoms with E-state index in [1.54, 1.807) is 5.57 Å². The maximum absolute atomic E-state index is 2.56. The fourth-order valence-electron chi connectivity index (χ4n) is 4.67. The zero-order valence-corrected chi connectivity index (χ0v) is 17.9. The van der Waals surface area contributed by atoms with E-state index < -0.39 is 0 Å². The molecule has 0 saturated heterocycles. The second kappa shape index (κ2) is 6.97. The number of thiophene rings is 1. The summed E-state index contributed by atoms with van der Waals surface area (Å²) in [6.45, 7) is 9.05. The zero-order valence-electron chi connectivity index (χ0n) is 17.1. The van der Waals surface area contributed by atoms with Crippen molar-refractivity contribution < 1.29 is 0 Å². The Morgan fingerprint density at radius 3 is 2.50 bits per heavy atom. The molecule has 0 N–H and O–H groups in total. The van der Waals surface area contributed by atoms with E-state index in [2.05, 4.69) is 71.7 Å². The Labute approximate surface area is 171 Å². The van der Waals surface area contributed by atoms with Gasteiger partial charge in [-0.25, -0.2) is 0 Å². The summed E-state index contributed by atoms with van der Waals surface area (Å²) >= 11 is 1.89. The first-order chi connectivity index (χ1) is 13.7. The van der Waals surface area contributed by atoms with E-state index in [0.717, 1.165) is 19.5 Å². The molecule has 0 unspecified atom stereocenters. The van der Waals surface area contributed by atoms with Crippen molar-refractivity contribution in [3.8, 4) is 0 Å². The van der Waals surface area contributed by atoms with Crippen molar-refractivity contribution in [3.05, 3.63) is 64.3 Å². The van der Waals surface area contributed by atoms with Crippen molar-refractivity contribution in [2.24, 2.45) is 0 Å². The van der Waals surface area contributed by atoms with Crippen LogP contribution in [0.3, 0.4) is 0 Å². The Hall–Kier alpha value is -2.26. The third-order valence-electron chi connectivity index (χ3n) is 5.99. The lowest BCUT2D eigenvalue weighted by Crippen LogP contribution is -2.04. The molecule has 0 aliphatic heterocycles. The normalized spacial score (nSPS) is 13.8. The third kappa shape index (κ3) is 2.68. The number of benzene rings is 1. The van der Waals surface area contributed by atoms with Gasteiger partial charge in [0.15, 0.2) is 0 Å². The average molecular weight is 389 g/mol. The second-order valence-electron chi connectivity index (χ2n) is 7.97. The molecule has 0 spiro atoms. The molecular weight excluding hydrogens is 360 g/mol. The summed E-state index contributed by atoms with van der Waals surface area (Å²) in [5.41, 5.74) is 8.85. The van der Waals surface area contributed by atoms with Crippen LogP contribution in [0.15, 0.2) is 47.4 Å². The number of fused-ring (bicyclic) bond motifs is 2. The Balaban J connectivity index is 1.81. The highest BCUT2D eigenvalue weighted by molar-refractivity contribution is 7.16. The Morgan fingerprint density at radius 1 is 1.00 bits per heavy atom. The Bertz CT molecular complexity index is 1190. The minimum atomic E-state index is 1.07. The van der Waals surface area contributed by atoms with Crippen molar-refractivity contribution in [2.45, 2.75) is 59.5 Å². The standard InChI is InChI=1S/C25H28N2S/c1-4-13-26-17(3)23(20-12-15-28-25(20)26)24(18-10-11-18)22-16-19-8-6-7-9-21(19)27(22)14-5-2/h6-9,12,15-16H,4-5,10-11,13-14H2,1-3H3. The van der Waals surface area contributed by atoms with Crippen LogP contribution in [0.25, 0.3) is 26.7 Å². The van der Waals surface area contributed by atoms with Crippen LogP contribution in [-0.4, -0.2) is 9.13 Å². The van der Waals surface area contributed by atoms with Crippen molar-refractivity contribution >= 4 is 38.0 Å². The summed E-state index contributed by atoms with van der Waals surface area (Å²) in [7, 11) is 0. The molecule has 1 aliphatic rings. The van der Waals surface area contributed by atoms with Crippen molar-refractivity contribution in [2.75, 3.05) is 0 Å². The molecule has 1 fully saturated rings. The van der Waals surface area contributed by atoms with Gasteiger partial charge in [0.25, 0.3) is 0 Å². The number of aryl methyl sites for hydroxylation is 2. The van der Waals surface area contributed by atoms with Crippen LogP contribution in [0.4, 0.5) is 0 Å². The van der Waals surface area contributed by atoms with E-state index in [1.807, 2.05) is 11.3 Å². The van der Waals surface area contributed by atoms with Gasteiger partial charge in [0, 0.05) is 51.9 Å². The minimum Gasteiger partial charge on any atom is -0.340 e. The molecule has 3 heteroatoms. The largest absolute Gasteiger partial charge is 0.340 e. The van der Waals surface area contributed by atoms with Crippen molar-refractivity contribution in [3.63, 3.8) is 0 Å². The van der Waals surface area contributed by atoms with Crippen molar-refractivity contribution in [1.82, 2.24) is 9.13 Å². The quantitative estimate of drug-likeness (QED) is 0.326. The first-order valence-electron chi connectivity index (χ1n) is 10.6. The molecule has 5 rings (SSSR count). The van der Waals surface area contributed by atoms with Crippen LogP contribution in [0.5, 0.6) is 0 Å². The summed E-state index contributed by atoms with van der Waals surface area (Å²) in [6.07, 6.45) is 4.81. The number of hydrogen-bond donors (Lipinski definition) is 0. The van der Waals surface area contributed by atoms with Crippen LogP contribution < -0.4 is 0 Å². The lowest BCUT2D eigenvalue weighted by molar-refractivity contribution is 0.686. The molecule has 1 aromatic carbocycles. The van der Waals surface area contributed by atoms with Crippen molar-refractivity contribution in [1.29, 1.82) is 0 Å². The monoisotopic (exact) mass is 388 g/mol. The van der Waals surface area contributed by atoms with E-state index in [0.29, 0.717) is 0 Å². The SMILES string of the molecule is CCCn1c(C(=C2CC2)c2c(C)n(CCC)c3sccc23)cc2ccccc21. The Kier molecular flexibility index (Phi) is 4.43. The summed E-state index contributed by atoms with van der Waals surface area (Å²) in [6, 6.07) is 13.6. The van der Waals surface area contributed by atoms with Crippen LogP contribution in [0, 0.1) is 6.92 Å². The molecule has 1 saturated carbocycles. The van der Waals surface area contributed by atoms with Gasteiger partial charge in [0.2, 0.25) is 0 Å². The fourth-order valence-corrected chi connectivity index (χ4v) is 5.66. The number of para-hydroxylation sites is 1. The van der Waals surface area contributed by atoms with Crippen LogP contribution in [-0.2, 0) is 13.1 Å². The van der Waals surface area contributed by atoms with Crippen LogP contribution in [0.1, 0.15) is 56.5 Å². The molecule has 0 radical (unpaired) electrons. The summed E-state index contributed by atoms with van der Waals surface area (Å²) < 4.78 is 5.11. The van der Waals surface area contributed by atoms with Gasteiger partial charge >= 0.3 is 0 Å². The van der Waals surface area contributed by atoms with E-state index in [1.165, 1.54) is 62.9 Å². The van der Waals surface area contributed by atoms with Crippen LogP contribution in [0.2, 0.25) is 0 Å². The fraction of sp³-hybridized carbons (Fsp3) is 0.360. The van der Waals surface area contributed by atoms with Gasteiger partial charge in [-0.05, 0) is 56.2 Å². The molecule has 0 bridgehead atoms. The molecule has 2 nitrogen and oxygen atoms in total. The average Bonchev–Trinajstić information content (AvgIpc) is 3.23. The first-order valence-corrected chi connectivity index (χ1v) is 11.5. The van der Waals surface area contributed by atoms with E-state index in [9.17, 15) is 0 Å².